The van der Waals surface area contributed by atoms with E-state index in [-0.39, 0.29) is 12.1 Å². The summed E-state index contributed by atoms with van der Waals surface area (Å²) in [4.78, 5) is 18.6. The molecule has 0 spiro atoms. The van der Waals surface area contributed by atoms with E-state index in [9.17, 15) is 4.79 Å². The SMILES string of the molecule is COc1cc(C)c([C@H]2CCCCN2C(=O)OC(C)(C)C)cn1. The van der Waals surface area contributed by atoms with Crippen molar-refractivity contribution in [3.8, 4) is 5.88 Å². The minimum Gasteiger partial charge on any atom is -0.481 e. The van der Waals surface area contributed by atoms with Crippen LogP contribution in [0.1, 0.15) is 57.2 Å². The van der Waals surface area contributed by atoms with Gasteiger partial charge >= 0.3 is 6.09 Å². The molecular formula is C17H26N2O3. The molecule has 22 heavy (non-hydrogen) atoms. The van der Waals surface area contributed by atoms with Crippen molar-refractivity contribution in [3.05, 3.63) is 23.4 Å². The molecule has 0 aliphatic carbocycles. The van der Waals surface area contributed by atoms with E-state index in [4.69, 9.17) is 9.47 Å². The first kappa shape index (κ1) is 16.6. The summed E-state index contributed by atoms with van der Waals surface area (Å²) in [6.07, 6.45) is 4.64. The summed E-state index contributed by atoms with van der Waals surface area (Å²) in [6, 6.07) is 1.94. The first-order chi connectivity index (χ1) is 10.3. The Hall–Kier alpha value is -1.78. The molecule has 1 aromatic rings. The Labute approximate surface area is 132 Å². The highest BCUT2D eigenvalue weighted by atomic mass is 16.6. The molecule has 5 nitrogen and oxygen atoms in total. The van der Waals surface area contributed by atoms with Gasteiger partial charge in [0.15, 0.2) is 0 Å². The lowest BCUT2D eigenvalue weighted by Crippen LogP contribution is -2.42. The molecule has 0 radical (unpaired) electrons. The second-order valence-corrected chi connectivity index (χ2v) is 6.77. The van der Waals surface area contributed by atoms with E-state index >= 15 is 0 Å². The molecular weight excluding hydrogens is 280 g/mol. The van der Waals surface area contributed by atoms with Gasteiger partial charge in [-0.3, -0.25) is 0 Å². The molecule has 0 N–H and O–H groups in total. The van der Waals surface area contributed by atoms with Gasteiger partial charge in [-0.25, -0.2) is 9.78 Å². The number of pyridine rings is 1. The zero-order chi connectivity index (χ0) is 16.3. The number of hydrogen-bond donors (Lipinski definition) is 0. The molecule has 0 unspecified atom stereocenters. The Morgan fingerprint density at radius 1 is 1.36 bits per heavy atom. The molecule has 5 heteroatoms. The van der Waals surface area contributed by atoms with Crippen LogP contribution in [-0.4, -0.2) is 35.2 Å². The fourth-order valence-corrected chi connectivity index (χ4v) is 2.80. The van der Waals surface area contributed by atoms with Crippen LogP contribution in [0.25, 0.3) is 0 Å². The van der Waals surface area contributed by atoms with Gasteiger partial charge in [0.05, 0.1) is 13.2 Å². The highest BCUT2D eigenvalue weighted by Crippen LogP contribution is 2.34. The summed E-state index contributed by atoms with van der Waals surface area (Å²) >= 11 is 0. The molecule has 0 bridgehead atoms. The van der Waals surface area contributed by atoms with Gasteiger partial charge in [0.2, 0.25) is 5.88 Å². The Balaban J connectivity index is 2.24. The summed E-state index contributed by atoms with van der Waals surface area (Å²) < 4.78 is 10.7. The number of rotatable bonds is 2. The molecule has 2 rings (SSSR count). The summed E-state index contributed by atoms with van der Waals surface area (Å²) in [7, 11) is 1.61. The number of methoxy groups -OCH3 is 1. The van der Waals surface area contributed by atoms with E-state index in [2.05, 4.69) is 4.98 Å². The number of hydrogen-bond acceptors (Lipinski definition) is 4. The summed E-state index contributed by atoms with van der Waals surface area (Å²) in [5.74, 6) is 0.598. The number of nitrogens with zero attached hydrogens (tertiary/aromatic N) is 2. The summed E-state index contributed by atoms with van der Waals surface area (Å²) in [5.41, 5.74) is 1.69. The van der Waals surface area contributed by atoms with Gasteiger partial charge in [-0.05, 0) is 58.1 Å². The predicted octanol–water partition coefficient (Wildman–Crippen LogP) is 3.86. The number of piperidine rings is 1. The van der Waals surface area contributed by atoms with Crippen molar-refractivity contribution in [2.24, 2.45) is 0 Å². The normalized spacial score (nSPS) is 19.0. The van der Waals surface area contributed by atoms with Crippen LogP contribution in [0.2, 0.25) is 0 Å². The topological polar surface area (TPSA) is 51.7 Å². The number of likely N-dealkylation sites (tertiary alicyclic amines) is 1. The van der Waals surface area contributed by atoms with E-state index in [0.29, 0.717) is 5.88 Å². The molecule has 1 atom stereocenters. The minimum atomic E-state index is -0.480. The third-order valence-electron chi connectivity index (χ3n) is 3.83. The van der Waals surface area contributed by atoms with Crippen molar-refractivity contribution in [3.63, 3.8) is 0 Å². The molecule has 0 aromatic carbocycles. The van der Waals surface area contributed by atoms with Gasteiger partial charge in [0, 0.05) is 18.8 Å². The lowest BCUT2D eigenvalue weighted by atomic mass is 9.94. The Kier molecular flexibility index (Phi) is 4.94. The maximum Gasteiger partial charge on any atom is 0.410 e. The Morgan fingerprint density at radius 3 is 2.68 bits per heavy atom. The number of aryl methyl sites for hydroxylation is 1. The van der Waals surface area contributed by atoms with Gasteiger partial charge in [-0.1, -0.05) is 0 Å². The second kappa shape index (κ2) is 6.55. The van der Waals surface area contributed by atoms with Crippen LogP contribution < -0.4 is 4.74 Å². The van der Waals surface area contributed by atoms with Crippen LogP contribution in [0.4, 0.5) is 4.79 Å². The van der Waals surface area contributed by atoms with Crippen molar-refractivity contribution in [1.82, 2.24) is 9.88 Å². The fraction of sp³-hybridized carbons (Fsp3) is 0.647. The Bertz CT molecular complexity index is 537. The average Bonchev–Trinajstić information content (AvgIpc) is 2.45. The standard InChI is InChI=1S/C17H26N2O3/c1-12-10-15(21-5)18-11-13(12)14-8-6-7-9-19(14)16(20)22-17(2,3)4/h10-11,14H,6-9H2,1-5H3/t14-/m1/s1. The maximum absolute atomic E-state index is 12.5. The third kappa shape index (κ3) is 3.90. The number of amides is 1. The van der Waals surface area contributed by atoms with Gasteiger partial charge < -0.3 is 14.4 Å². The number of aromatic nitrogens is 1. The van der Waals surface area contributed by atoms with Crippen molar-refractivity contribution in [2.75, 3.05) is 13.7 Å². The van der Waals surface area contributed by atoms with Gasteiger partial charge in [0.1, 0.15) is 5.60 Å². The molecule has 1 fully saturated rings. The number of ether oxygens (including phenoxy) is 2. The molecule has 1 aromatic heterocycles. The van der Waals surface area contributed by atoms with Crippen LogP contribution in [0.5, 0.6) is 5.88 Å². The van der Waals surface area contributed by atoms with E-state index in [1.807, 2.05) is 44.9 Å². The fourth-order valence-electron chi connectivity index (χ4n) is 2.80. The zero-order valence-corrected chi connectivity index (χ0v) is 14.2. The monoisotopic (exact) mass is 306 g/mol. The van der Waals surface area contributed by atoms with Crippen LogP contribution in [0, 0.1) is 6.92 Å². The molecule has 122 valence electrons. The summed E-state index contributed by atoms with van der Waals surface area (Å²) in [6.45, 7) is 8.44. The van der Waals surface area contributed by atoms with Crippen LogP contribution in [0.3, 0.4) is 0 Å². The molecule has 1 aliphatic heterocycles. The molecule has 1 aliphatic rings. The van der Waals surface area contributed by atoms with Gasteiger partial charge in [0.25, 0.3) is 0 Å². The highest BCUT2D eigenvalue weighted by molar-refractivity contribution is 5.69. The largest absolute Gasteiger partial charge is 0.481 e. The first-order valence-electron chi connectivity index (χ1n) is 7.82. The minimum absolute atomic E-state index is 0.0296. The van der Waals surface area contributed by atoms with Crippen LogP contribution in [0.15, 0.2) is 12.3 Å². The van der Waals surface area contributed by atoms with Crippen LogP contribution >= 0.6 is 0 Å². The number of carbonyl (C=O) groups excluding carboxylic acids is 1. The quantitative estimate of drug-likeness (QED) is 0.832. The Morgan fingerprint density at radius 2 is 2.09 bits per heavy atom. The van der Waals surface area contributed by atoms with Crippen molar-refractivity contribution in [1.29, 1.82) is 0 Å². The lowest BCUT2D eigenvalue weighted by Gasteiger charge is -2.37. The van der Waals surface area contributed by atoms with Gasteiger partial charge in [-0.2, -0.15) is 0 Å². The third-order valence-corrected chi connectivity index (χ3v) is 3.83. The van der Waals surface area contributed by atoms with Crippen molar-refractivity contribution < 1.29 is 14.3 Å². The van der Waals surface area contributed by atoms with E-state index in [1.165, 1.54) is 0 Å². The van der Waals surface area contributed by atoms with Gasteiger partial charge in [-0.15, -0.1) is 0 Å². The lowest BCUT2D eigenvalue weighted by molar-refractivity contribution is 0.00942. The molecule has 1 amide bonds. The van der Waals surface area contributed by atoms with Crippen molar-refractivity contribution in [2.45, 2.75) is 58.6 Å². The van der Waals surface area contributed by atoms with E-state index < -0.39 is 5.60 Å². The number of carbonyl (C=O) groups is 1. The first-order valence-corrected chi connectivity index (χ1v) is 7.82. The zero-order valence-electron chi connectivity index (χ0n) is 14.2. The van der Waals surface area contributed by atoms with E-state index in [0.717, 1.165) is 36.9 Å². The average molecular weight is 306 g/mol. The smallest absolute Gasteiger partial charge is 0.410 e. The van der Waals surface area contributed by atoms with Crippen LogP contribution in [-0.2, 0) is 4.74 Å². The van der Waals surface area contributed by atoms with Crippen molar-refractivity contribution >= 4 is 6.09 Å². The predicted molar refractivity (Wildman–Crippen MR) is 85.1 cm³/mol. The van der Waals surface area contributed by atoms with E-state index in [1.54, 1.807) is 7.11 Å². The summed E-state index contributed by atoms with van der Waals surface area (Å²) in [5, 5.41) is 0. The molecule has 1 saturated heterocycles. The molecule has 0 saturated carbocycles. The maximum atomic E-state index is 12.5. The molecule has 2 heterocycles. The second-order valence-electron chi connectivity index (χ2n) is 6.77. The highest BCUT2D eigenvalue weighted by Gasteiger charge is 2.32.